The molecule has 0 saturated heterocycles. The first kappa shape index (κ1) is 21.8. The van der Waals surface area contributed by atoms with Crippen LogP contribution in [0.4, 0.5) is 0 Å². The van der Waals surface area contributed by atoms with Gasteiger partial charge in [0.2, 0.25) is 10.0 Å². The number of rotatable bonds is 10. The van der Waals surface area contributed by atoms with Crippen LogP contribution in [-0.2, 0) is 19.6 Å². The Balaban J connectivity index is 3.05. The average Bonchev–Trinajstić information content (AvgIpc) is 2.59. The molecule has 1 aromatic carbocycles. The van der Waals surface area contributed by atoms with Gasteiger partial charge in [-0.15, -0.1) is 0 Å². The van der Waals surface area contributed by atoms with Crippen LogP contribution >= 0.6 is 11.8 Å². The van der Waals surface area contributed by atoms with E-state index in [-0.39, 0.29) is 11.5 Å². The highest BCUT2D eigenvalue weighted by Crippen LogP contribution is 2.30. The van der Waals surface area contributed by atoms with E-state index in [0.29, 0.717) is 17.9 Å². The Morgan fingerprint density at radius 3 is 2.36 bits per heavy atom. The molecule has 0 amide bonds. The van der Waals surface area contributed by atoms with Crippen LogP contribution < -0.4 is 9.46 Å². The minimum Gasteiger partial charge on any atom is -0.497 e. The molecule has 9 heteroatoms. The van der Waals surface area contributed by atoms with Gasteiger partial charge in [-0.2, -0.15) is 16.5 Å². The number of benzene rings is 1. The Hall–Kier alpha value is -1.29. The van der Waals surface area contributed by atoms with Gasteiger partial charge in [-0.1, -0.05) is 0 Å². The fraction of sp³-hybridized carbons (Fsp3) is 0.562. The second-order valence-electron chi connectivity index (χ2n) is 5.78. The second kappa shape index (κ2) is 9.42. The van der Waals surface area contributed by atoms with Crippen molar-refractivity contribution in [3.8, 4) is 5.75 Å². The van der Waals surface area contributed by atoms with Crippen LogP contribution in [0.2, 0.25) is 0 Å². The third-order valence-electron chi connectivity index (χ3n) is 3.55. The Labute approximate surface area is 153 Å². The normalized spacial score (nSPS) is 13.3. The lowest BCUT2D eigenvalue weighted by Gasteiger charge is -2.32. The zero-order valence-corrected chi connectivity index (χ0v) is 16.4. The van der Waals surface area contributed by atoms with Crippen molar-refractivity contribution in [1.29, 1.82) is 0 Å². The highest BCUT2D eigenvalue weighted by atomic mass is 32.2. The highest BCUT2D eigenvalue weighted by molar-refractivity contribution is 8.00. The summed E-state index contributed by atoms with van der Waals surface area (Å²) in [4.78, 5) is 12.2. The van der Waals surface area contributed by atoms with E-state index in [4.69, 9.17) is 14.6 Å². The molecule has 25 heavy (non-hydrogen) atoms. The summed E-state index contributed by atoms with van der Waals surface area (Å²) in [6.45, 7) is 3.55. The number of methoxy groups -OCH3 is 2. The molecular weight excluding hydrogens is 366 g/mol. The summed E-state index contributed by atoms with van der Waals surface area (Å²) >= 11 is 1.39. The zero-order chi connectivity index (χ0) is 19.1. The molecule has 0 aliphatic carbocycles. The van der Waals surface area contributed by atoms with E-state index < -0.39 is 26.8 Å². The van der Waals surface area contributed by atoms with E-state index in [0.717, 1.165) is 0 Å². The average molecular weight is 392 g/mol. The number of aliphatic hydroxyl groups excluding tert-OH is 1. The first-order chi connectivity index (χ1) is 11.7. The summed E-state index contributed by atoms with van der Waals surface area (Å²) in [5.74, 6) is 0.447. The van der Waals surface area contributed by atoms with Crippen LogP contribution in [0.3, 0.4) is 0 Å². The number of sulfonamides is 1. The Morgan fingerprint density at radius 2 is 1.88 bits per heavy atom. The predicted molar refractivity (Wildman–Crippen MR) is 97.4 cm³/mol. The number of esters is 1. The minimum atomic E-state index is -3.92. The van der Waals surface area contributed by atoms with Crippen LogP contribution in [-0.4, -0.2) is 56.9 Å². The quantitative estimate of drug-likeness (QED) is 0.459. The molecule has 2 N–H and O–H groups in total. The molecule has 1 atom stereocenters. The van der Waals surface area contributed by atoms with Gasteiger partial charge in [0.1, 0.15) is 11.8 Å². The predicted octanol–water partition coefficient (Wildman–Crippen LogP) is 1.41. The summed E-state index contributed by atoms with van der Waals surface area (Å²) in [6, 6.07) is 4.79. The standard InChI is InChI=1S/C16H25NO6S2/c1-16(2,24-11-5-10-18)14(15(19)23-4)17-25(20,21)13-8-6-12(22-3)7-9-13/h6-9,14,17-18H,5,10-11H2,1-4H3/t14-/m1/s1. The van der Waals surface area contributed by atoms with Crippen LogP contribution in [0.5, 0.6) is 5.75 Å². The summed E-state index contributed by atoms with van der Waals surface area (Å²) < 4.78 is 36.7. The summed E-state index contributed by atoms with van der Waals surface area (Å²) in [5.41, 5.74) is 0. The number of hydrogen-bond donors (Lipinski definition) is 2. The maximum absolute atomic E-state index is 12.6. The van der Waals surface area contributed by atoms with Crippen molar-refractivity contribution in [3.05, 3.63) is 24.3 Å². The summed E-state index contributed by atoms with van der Waals surface area (Å²) in [7, 11) is -1.22. The minimum absolute atomic E-state index is 0.0263. The number of hydrogen-bond acceptors (Lipinski definition) is 7. The van der Waals surface area contributed by atoms with Gasteiger partial charge in [0, 0.05) is 11.4 Å². The molecule has 0 spiro atoms. The third kappa shape index (κ3) is 6.18. The monoisotopic (exact) mass is 391 g/mol. The van der Waals surface area contributed by atoms with E-state index in [1.807, 2.05) is 0 Å². The fourth-order valence-electron chi connectivity index (χ4n) is 2.05. The number of ether oxygens (including phenoxy) is 2. The van der Waals surface area contributed by atoms with E-state index in [9.17, 15) is 13.2 Å². The third-order valence-corrected chi connectivity index (χ3v) is 6.46. The Kier molecular flexibility index (Phi) is 8.20. The smallest absolute Gasteiger partial charge is 0.325 e. The van der Waals surface area contributed by atoms with Crippen molar-refractivity contribution in [1.82, 2.24) is 4.72 Å². The first-order valence-corrected chi connectivity index (χ1v) is 10.1. The van der Waals surface area contributed by atoms with Gasteiger partial charge in [-0.05, 0) is 50.3 Å². The molecule has 1 aromatic rings. The number of nitrogens with one attached hydrogen (secondary N) is 1. The van der Waals surface area contributed by atoms with Crippen molar-refractivity contribution in [3.63, 3.8) is 0 Å². The molecule has 0 radical (unpaired) electrons. The van der Waals surface area contributed by atoms with Crippen molar-refractivity contribution < 1.29 is 27.8 Å². The SMILES string of the molecule is COC(=O)[C@@H](NS(=O)(=O)c1ccc(OC)cc1)C(C)(C)SCCCO. The number of aliphatic hydroxyl groups is 1. The lowest BCUT2D eigenvalue weighted by atomic mass is 10.0. The van der Waals surface area contributed by atoms with E-state index in [1.54, 1.807) is 13.8 Å². The molecule has 0 saturated carbocycles. The van der Waals surface area contributed by atoms with Gasteiger partial charge in [-0.25, -0.2) is 8.42 Å². The first-order valence-electron chi connectivity index (χ1n) is 7.67. The van der Waals surface area contributed by atoms with Crippen LogP contribution in [0.25, 0.3) is 0 Å². The van der Waals surface area contributed by atoms with Crippen LogP contribution in [0, 0.1) is 0 Å². The fourth-order valence-corrected chi connectivity index (χ4v) is 4.58. The molecule has 0 bridgehead atoms. The molecule has 142 valence electrons. The highest BCUT2D eigenvalue weighted by Gasteiger charge is 2.39. The lowest BCUT2D eigenvalue weighted by Crippen LogP contribution is -2.53. The molecule has 0 heterocycles. The Morgan fingerprint density at radius 1 is 1.28 bits per heavy atom. The summed E-state index contributed by atoms with van der Waals surface area (Å²) in [5, 5.41) is 8.91. The summed E-state index contributed by atoms with van der Waals surface area (Å²) in [6.07, 6.45) is 0.549. The molecular formula is C16H25NO6S2. The molecule has 0 aliphatic rings. The number of carbonyl (C=O) groups excluding carboxylic acids is 1. The molecule has 0 unspecified atom stereocenters. The second-order valence-corrected chi connectivity index (χ2v) is 9.25. The van der Waals surface area contributed by atoms with Crippen LogP contribution in [0.15, 0.2) is 29.2 Å². The lowest BCUT2D eigenvalue weighted by molar-refractivity contribution is -0.143. The van der Waals surface area contributed by atoms with Gasteiger partial charge in [0.05, 0.1) is 19.1 Å². The van der Waals surface area contributed by atoms with Gasteiger partial charge >= 0.3 is 5.97 Å². The molecule has 1 rings (SSSR count). The molecule has 0 aliphatic heterocycles. The van der Waals surface area contributed by atoms with Crippen molar-refractivity contribution in [2.45, 2.75) is 36.0 Å². The van der Waals surface area contributed by atoms with Crippen molar-refractivity contribution in [2.75, 3.05) is 26.6 Å². The van der Waals surface area contributed by atoms with Gasteiger partial charge in [-0.3, -0.25) is 4.79 Å². The maximum Gasteiger partial charge on any atom is 0.325 e. The van der Waals surface area contributed by atoms with Crippen molar-refractivity contribution in [2.24, 2.45) is 0 Å². The Bertz CT molecular complexity index is 658. The molecule has 0 fully saturated rings. The van der Waals surface area contributed by atoms with E-state index in [1.165, 1.54) is 50.2 Å². The molecule has 0 aromatic heterocycles. The van der Waals surface area contributed by atoms with E-state index >= 15 is 0 Å². The topological polar surface area (TPSA) is 102 Å². The maximum atomic E-state index is 12.6. The van der Waals surface area contributed by atoms with Crippen LogP contribution in [0.1, 0.15) is 20.3 Å². The number of thioether (sulfide) groups is 1. The van der Waals surface area contributed by atoms with Gasteiger partial charge in [0.15, 0.2) is 0 Å². The van der Waals surface area contributed by atoms with Crippen molar-refractivity contribution >= 4 is 27.8 Å². The van der Waals surface area contributed by atoms with Gasteiger partial charge in [0.25, 0.3) is 0 Å². The largest absolute Gasteiger partial charge is 0.497 e. The number of carbonyl (C=O) groups is 1. The zero-order valence-electron chi connectivity index (χ0n) is 14.8. The molecule has 7 nitrogen and oxygen atoms in total. The van der Waals surface area contributed by atoms with E-state index in [2.05, 4.69) is 4.72 Å². The van der Waals surface area contributed by atoms with Gasteiger partial charge < -0.3 is 14.6 Å².